The smallest absolute Gasteiger partial charge is 0.221 e. The van der Waals surface area contributed by atoms with E-state index in [0.29, 0.717) is 17.0 Å². The van der Waals surface area contributed by atoms with Gasteiger partial charge in [0.25, 0.3) is 0 Å². The van der Waals surface area contributed by atoms with Crippen LogP contribution in [0, 0.1) is 11.2 Å². The molecule has 0 spiro atoms. The molecule has 4 N–H and O–H groups in total. The van der Waals surface area contributed by atoms with E-state index in [1.165, 1.54) is 19.1 Å². The highest BCUT2D eigenvalue weighted by Gasteiger charge is 2.07. The second kappa shape index (κ2) is 7.42. The standard InChI is InChI=1S/C15H14FN3O2.ClH/c1-9(20)19-11-3-5-12(6-4-11)21-14-7-2-10(15(17)18)8-13(14)16;/h2-8H,1H3,(H3,17,18)(H,19,20);1H. The van der Waals surface area contributed by atoms with Gasteiger partial charge >= 0.3 is 0 Å². The number of halogens is 2. The van der Waals surface area contributed by atoms with Crippen molar-refractivity contribution in [1.82, 2.24) is 0 Å². The van der Waals surface area contributed by atoms with Gasteiger partial charge in [0.05, 0.1) is 0 Å². The minimum absolute atomic E-state index is 0. The summed E-state index contributed by atoms with van der Waals surface area (Å²) in [6.45, 7) is 1.41. The third-order valence-electron chi connectivity index (χ3n) is 2.65. The van der Waals surface area contributed by atoms with Crippen molar-refractivity contribution < 1.29 is 13.9 Å². The van der Waals surface area contributed by atoms with Crippen LogP contribution in [0.2, 0.25) is 0 Å². The molecule has 2 aromatic rings. The number of ether oxygens (including phenoxy) is 1. The number of rotatable bonds is 4. The van der Waals surface area contributed by atoms with E-state index < -0.39 is 5.82 Å². The van der Waals surface area contributed by atoms with Crippen molar-refractivity contribution in [2.75, 3.05) is 5.32 Å². The van der Waals surface area contributed by atoms with Crippen LogP contribution in [-0.2, 0) is 4.79 Å². The van der Waals surface area contributed by atoms with Gasteiger partial charge in [-0.2, -0.15) is 0 Å². The van der Waals surface area contributed by atoms with Crippen molar-refractivity contribution in [3.8, 4) is 11.5 Å². The van der Waals surface area contributed by atoms with Crippen molar-refractivity contribution in [1.29, 1.82) is 5.41 Å². The lowest BCUT2D eigenvalue weighted by Crippen LogP contribution is -2.11. The molecule has 2 aromatic carbocycles. The molecule has 0 fully saturated rings. The van der Waals surface area contributed by atoms with Gasteiger partial charge in [-0.3, -0.25) is 10.2 Å². The van der Waals surface area contributed by atoms with Gasteiger partial charge in [-0.25, -0.2) is 4.39 Å². The molecular formula is C15H15ClFN3O2. The van der Waals surface area contributed by atoms with E-state index in [0.717, 1.165) is 6.07 Å². The summed E-state index contributed by atoms with van der Waals surface area (Å²) in [5, 5.41) is 9.86. The Kier molecular flexibility index (Phi) is 5.89. The maximum atomic E-state index is 13.8. The lowest BCUT2D eigenvalue weighted by Gasteiger charge is -2.09. The van der Waals surface area contributed by atoms with Crippen LogP contribution >= 0.6 is 12.4 Å². The second-order valence-electron chi connectivity index (χ2n) is 4.37. The summed E-state index contributed by atoms with van der Waals surface area (Å²) in [4.78, 5) is 10.9. The molecular weight excluding hydrogens is 309 g/mol. The molecule has 0 radical (unpaired) electrons. The summed E-state index contributed by atoms with van der Waals surface area (Å²) >= 11 is 0. The van der Waals surface area contributed by atoms with Crippen LogP contribution in [0.4, 0.5) is 10.1 Å². The van der Waals surface area contributed by atoms with Crippen LogP contribution < -0.4 is 15.8 Å². The highest BCUT2D eigenvalue weighted by atomic mass is 35.5. The fourth-order valence-corrected chi connectivity index (χ4v) is 1.69. The molecule has 0 saturated heterocycles. The number of hydrogen-bond donors (Lipinski definition) is 3. The van der Waals surface area contributed by atoms with Crippen LogP contribution in [0.15, 0.2) is 42.5 Å². The Labute approximate surface area is 133 Å². The summed E-state index contributed by atoms with van der Waals surface area (Å²) in [5.41, 5.74) is 6.20. The number of nitrogen functional groups attached to an aromatic ring is 1. The van der Waals surface area contributed by atoms with Crippen LogP contribution in [0.25, 0.3) is 0 Å². The predicted octanol–water partition coefficient (Wildman–Crippen LogP) is 3.28. The predicted molar refractivity (Wildman–Crippen MR) is 85.5 cm³/mol. The van der Waals surface area contributed by atoms with Gasteiger partial charge in [0.1, 0.15) is 11.6 Å². The number of amidine groups is 1. The van der Waals surface area contributed by atoms with Crippen molar-refractivity contribution in [3.05, 3.63) is 53.8 Å². The van der Waals surface area contributed by atoms with E-state index in [-0.39, 0.29) is 29.9 Å². The Morgan fingerprint density at radius 3 is 2.36 bits per heavy atom. The SMILES string of the molecule is CC(=O)Nc1ccc(Oc2ccc(C(=N)N)cc2F)cc1.Cl. The summed E-state index contributed by atoms with van der Waals surface area (Å²) in [7, 11) is 0. The van der Waals surface area contributed by atoms with Crippen molar-refractivity contribution >= 4 is 29.8 Å². The van der Waals surface area contributed by atoms with Crippen molar-refractivity contribution in [2.45, 2.75) is 6.92 Å². The van der Waals surface area contributed by atoms with Gasteiger partial charge in [0, 0.05) is 18.2 Å². The minimum atomic E-state index is -0.603. The molecule has 5 nitrogen and oxygen atoms in total. The summed E-state index contributed by atoms with van der Waals surface area (Å²) in [6.07, 6.45) is 0. The third kappa shape index (κ3) is 4.46. The molecule has 0 aliphatic heterocycles. The molecule has 116 valence electrons. The number of carbonyl (C=O) groups is 1. The molecule has 0 aliphatic rings. The average molecular weight is 324 g/mol. The van der Waals surface area contributed by atoms with Gasteiger partial charge in [-0.05, 0) is 42.5 Å². The quantitative estimate of drug-likeness (QED) is 0.596. The molecule has 0 heterocycles. The monoisotopic (exact) mass is 323 g/mol. The van der Waals surface area contributed by atoms with Gasteiger partial charge in [-0.15, -0.1) is 12.4 Å². The minimum Gasteiger partial charge on any atom is -0.454 e. The summed E-state index contributed by atoms with van der Waals surface area (Å²) in [5.74, 6) is -0.519. The molecule has 0 aromatic heterocycles. The zero-order valence-corrected chi connectivity index (χ0v) is 12.5. The first-order valence-electron chi connectivity index (χ1n) is 6.15. The number of benzene rings is 2. The highest BCUT2D eigenvalue weighted by molar-refractivity contribution is 5.95. The molecule has 22 heavy (non-hydrogen) atoms. The van der Waals surface area contributed by atoms with Gasteiger partial charge < -0.3 is 15.8 Å². The fourth-order valence-electron chi connectivity index (χ4n) is 1.69. The molecule has 0 atom stereocenters. The summed E-state index contributed by atoms with van der Waals surface area (Å²) in [6, 6.07) is 10.6. The Hall–Kier alpha value is -2.60. The fraction of sp³-hybridized carbons (Fsp3) is 0.0667. The Morgan fingerprint density at radius 1 is 1.23 bits per heavy atom. The number of nitrogens with one attached hydrogen (secondary N) is 2. The van der Waals surface area contributed by atoms with E-state index in [1.54, 1.807) is 24.3 Å². The van der Waals surface area contributed by atoms with Crippen LogP contribution in [0.5, 0.6) is 11.5 Å². The van der Waals surface area contributed by atoms with Crippen LogP contribution in [0.3, 0.4) is 0 Å². The molecule has 1 amide bonds. The normalized spacial score (nSPS) is 9.55. The van der Waals surface area contributed by atoms with Gasteiger partial charge in [0.15, 0.2) is 11.6 Å². The first-order chi connectivity index (χ1) is 9.95. The maximum Gasteiger partial charge on any atom is 0.221 e. The van der Waals surface area contributed by atoms with Gasteiger partial charge in [-0.1, -0.05) is 0 Å². The molecule has 0 bridgehead atoms. The first-order valence-corrected chi connectivity index (χ1v) is 6.15. The number of carbonyl (C=O) groups excluding carboxylic acids is 1. The lowest BCUT2D eigenvalue weighted by molar-refractivity contribution is -0.114. The molecule has 2 rings (SSSR count). The Balaban J connectivity index is 0.00000242. The highest BCUT2D eigenvalue weighted by Crippen LogP contribution is 2.26. The topological polar surface area (TPSA) is 88.2 Å². The largest absolute Gasteiger partial charge is 0.454 e. The van der Waals surface area contributed by atoms with E-state index in [9.17, 15) is 9.18 Å². The number of anilines is 1. The average Bonchev–Trinajstić information content (AvgIpc) is 2.42. The number of hydrogen-bond acceptors (Lipinski definition) is 3. The molecule has 0 aliphatic carbocycles. The van der Waals surface area contributed by atoms with Crippen molar-refractivity contribution in [3.63, 3.8) is 0 Å². The summed E-state index contributed by atoms with van der Waals surface area (Å²) < 4.78 is 19.2. The van der Waals surface area contributed by atoms with Crippen molar-refractivity contribution in [2.24, 2.45) is 5.73 Å². The Bertz CT molecular complexity index is 690. The zero-order valence-electron chi connectivity index (χ0n) is 11.7. The van der Waals surface area contributed by atoms with E-state index in [1.807, 2.05) is 0 Å². The molecule has 0 saturated carbocycles. The zero-order chi connectivity index (χ0) is 15.4. The van der Waals surface area contributed by atoms with E-state index in [2.05, 4.69) is 5.32 Å². The first kappa shape index (κ1) is 17.5. The third-order valence-corrected chi connectivity index (χ3v) is 2.65. The second-order valence-corrected chi connectivity index (χ2v) is 4.37. The van der Waals surface area contributed by atoms with Gasteiger partial charge in [0.2, 0.25) is 5.91 Å². The lowest BCUT2D eigenvalue weighted by atomic mass is 10.2. The van der Waals surface area contributed by atoms with E-state index >= 15 is 0 Å². The molecule has 7 heteroatoms. The van der Waals surface area contributed by atoms with E-state index in [4.69, 9.17) is 15.9 Å². The number of amides is 1. The van der Waals surface area contributed by atoms with Crippen LogP contribution in [-0.4, -0.2) is 11.7 Å². The Morgan fingerprint density at radius 2 is 1.86 bits per heavy atom. The maximum absolute atomic E-state index is 13.8. The number of nitrogens with two attached hydrogens (primary N) is 1. The molecule has 0 unspecified atom stereocenters. The van der Waals surface area contributed by atoms with Crippen LogP contribution in [0.1, 0.15) is 12.5 Å².